The topological polar surface area (TPSA) is 67.8 Å². The molecule has 0 unspecified atom stereocenters. The molecule has 0 saturated carbocycles. The van der Waals surface area contributed by atoms with E-state index in [9.17, 15) is 8.78 Å². The van der Waals surface area contributed by atoms with Gasteiger partial charge in [0.2, 0.25) is 0 Å². The Kier molecular flexibility index (Phi) is 4.37. The summed E-state index contributed by atoms with van der Waals surface area (Å²) in [4.78, 5) is 0. The van der Waals surface area contributed by atoms with Gasteiger partial charge in [-0.15, -0.1) is 0 Å². The highest BCUT2D eigenvalue weighted by molar-refractivity contribution is 5.97. The molecule has 0 fully saturated rings. The van der Waals surface area contributed by atoms with E-state index in [4.69, 9.17) is 15.7 Å². The van der Waals surface area contributed by atoms with Gasteiger partial charge in [0, 0.05) is 11.6 Å². The molecule has 110 valence electrons. The molecule has 6 heteroatoms. The molecule has 0 aliphatic heterocycles. The zero-order valence-electron chi connectivity index (χ0n) is 11.3. The average molecular weight is 292 g/mol. The number of nitrogens with zero attached hydrogens (tertiary/aromatic N) is 1. The van der Waals surface area contributed by atoms with Crippen LogP contribution in [0.5, 0.6) is 5.75 Å². The molecule has 0 aliphatic rings. The van der Waals surface area contributed by atoms with Crippen molar-refractivity contribution in [3.8, 4) is 5.75 Å². The fourth-order valence-corrected chi connectivity index (χ4v) is 1.83. The third kappa shape index (κ3) is 3.28. The van der Waals surface area contributed by atoms with Crippen molar-refractivity contribution in [3.05, 3.63) is 64.7 Å². The fraction of sp³-hybridized carbons (Fsp3) is 0.133. The lowest BCUT2D eigenvalue weighted by Gasteiger charge is -2.11. The van der Waals surface area contributed by atoms with E-state index in [1.54, 1.807) is 19.1 Å². The summed E-state index contributed by atoms with van der Waals surface area (Å²) in [5, 5.41) is 11.4. The van der Waals surface area contributed by atoms with Crippen molar-refractivity contribution in [2.24, 2.45) is 10.9 Å². The molecule has 0 spiro atoms. The first kappa shape index (κ1) is 14.8. The quantitative estimate of drug-likeness (QED) is 0.394. The van der Waals surface area contributed by atoms with E-state index in [2.05, 4.69) is 5.16 Å². The summed E-state index contributed by atoms with van der Waals surface area (Å²) in [6.07, 6.45) is 0. The summed E-state index contributed by atoms with van der Waals surface area (Å²) in [5.41, 5.74) is 6.33. The van der Waals surface area contributed by atoms with Crippen molar-refractivity contribution in [1.29, 1.82) is 0 Å². The van der Waals surface area contributed by atoms with E-state index in [0.717, 1.165) is 5.56 Å². The van der Waals surface area contributed by atoms with E-state index in [1.807, 2.05) is 0 Å². The molecule has 21 heavy (non-hydrogen) atoms. The highest BCUT2D eigenvalue weighted by Gasteiger charge is 2.12. The number of oxime groups is 1. The first-order valence-corrected chi connectivity index (χ1v) is 6.17. The zero-order chi connectivity index (χ0) is 15.4. The van der Waals surface area contributed by atoms with Gasteiger partial charge in [0.15, 0.2) is 5.84 Å². The predicted molar refractivity (Wildman–Crippen MR) is 74.4 cm³/mol. The lowest BCUT2D eigenvalue weighted by Crippen LogP contribution is -2.16. The second-order valence-electron chi connectivity index (χ2n) is 4.46. The van der Waals surface area contributed by atoms with Gasteiger partial charge in [-0.1, -0.05) is 23.4 Å². The van der Waals surface area contributed by atoms with Gasteiger partial charge >= 0.3 is 0 Å². The fourth-order valence-electron chi connectivity index (χ4n) is 1.83. The monoisotopic (exact) mass is 292 g/mol. The molecule has 2 aromatic carbocycles. The Hall–Kier alpha value is -2.63. The Balaban J connectivity index is 2.23. The van der Waals surface area contributed by atoms with Crippen molar-refractivity contribution >= 4 is 5.84 Å². The molecule has 3 N–H and O–H groups in total. The van der Waals surface area contributed by atoms with Crippen LogP contribution in [0.25, 0.3) is 0 Å². The average Bonchev–Trinajstić information content (AvgIpc) is 2.48. The number of hydrogen-bond donors (Lipinski definition) is 2. The Morgan fingerprint density at radius 1 is 1.29 bits per heavy atom. The van der Waals surface area contributed by atoms with E-state index < -0.39 is 11.6 Å². The Bertz CT molecular complexity index is 687. The summed E-state index contributed by atoms with van der Waals surface area (Å²) in [7, 11) is 0. The maximum atomic E-state index is 14.2. The minimum absolute atomic E-state index is 0.0189. The number of ether oxygens (including phenoxy) is 1. The molecule has 2 rings (SSSR count). The first-order valence-electron chi connectivity index (χ1n) is 6.17. The number of halogens is 2. The molecule has 0 aliphatic carbocycles. The van der Waals surface area contributed by atoms with Crippen LogP contribution in [-0.2, 0) is 6.61 Å². The van der Waals surface area contributed by atoms with Crippen LogP contribution in [0.1, 0.15) is 16.7 Å². The molecule has 0 aromatic heterocycles. The number of nitrogens with two attached hydrogens (primary N) is 1. The largest absolute Gasteiger partial charge is 0.488 e. The van der Waals surface area contributed by atoms with E-state index in [-0.39, 0.29) is 23.6 Å². The van der Waals surface area contributed by atoms with E-state index in [0.29, 0.717) is 5.75 Å². The number of rotatable bonds is 4. The van der Waals surface area contributed by atoms with Crippen LogP contribution in [-0.4, -0.2) is 11.0 Å². The second kappa shape index (κ2) is 6.21. The van der Waals surface area contributed by atoms with Gasteiger partial charge in [-0.2, -0.15) is 0 Å². The third-order valence-corrected chi connectivity index (χ3v) is 3.00. The molecule has 0 heterocycles. The number of hydrogen-bond acceptors (Lipinski definition) is 3. The van der Waals surface area contributed by atoms with Gasteiger partial charge in [-0.05, 0) is 24.6 Å². The van der Waals surface area contributed by atoms with Crippen LogP contribution in [0.3, 0.4) is 0 Å². The smallest absolute Gasteiger partial charge is 0.173 e. The van der Waals surface area contributed by atoms with Crippen LogP contribution in [0.15, 0.2) is 41.6 Å². The maximum Gasteiger partial charge on any atom is 0.173 e. The molecular weight excluding hydrogens is 278 g/mol. The molecular formula is C15H14F2N2O2. The minimum Gasteiger partial charge on any atom is -0.488 e. The number of aryl methyl sites for hydroxylation is 1. The highest BCUT2D eigenvalue weighted by Crippen LogP contribution is 2.21. The summed E-state index contributed by atoms with van der Waals surface area (Å²) < 4.78 is 32.8. The van der Waals surface area contributed by atoms with Gasteiger partial charge in [0.05, 0.1) is 5.56 Å². The van der Waals surface area contributed by atoms with Gasteiger partial charge < -0.3 is 15.7 Å². The lowest BCUT2D eigenvalue weighted by atomic mass is 10.1. The van der Waals surface area contributed by atoms with Gasteiger partial charge in [-0.3, -0.25) is 0 Å². The van der Waals surface area contributed by atoms with Crippen molar-refractivity contribution in [1.82, 2.24) is 0 Å². The standard InChI is InChI=1S/C15H14F2N2O2/c1-9-5-6-11(16)7-13(9)21-8-10-3-2-4-12(14(10)17)15(18)19-20/h2-7,20H,8H2,1H3,(H2,18,19). The second-order valence-corrected chi connectivity index (χ2v) is 4.46. The molecule has 0 radical (unpaired) electrons. The maximum absolute atomic E-state index is 14.2. The van der Waals surface area contributed by atoms with Crippen LogP contribution >= 0.6 is 0 Å². The van der Waals surface area contributed by atoms with Crippen LogP contribution < -0.4 is 10.5 Å². The lowest BCUT2D eigenvalue weighted by molar-refractivity contribution is 0.296. The molecule has 0 saturated heterocycles. The summed E-state index contributed by atoms with van der Waals surface area (Å²) in [6, 6.07) is 8.60. The zero-order valence-corrected chi connectivity index (χ0v) is 11.3. The van der Waals surface area contributed by atoms with E-state index in [1.165, 1.54) is 24.3 Å². The van der Waals surface area contributed by atoms with Crippen molar-refractivity contribution in [2.75, 3.05) is 0 Å². The Morgan fingerprint density at radius 3 is 2.76 bits per heavy atom. The summed E-state index contributed by atoms with van der Waals surface area (Å²) >= 11 is 0. The number of benzene rings is 2. The number of amidine groups is 1. The highest BCUT2D eigenvalue weighted by atomic mass is 19.1. The summed E-state index contributed by atoms with van der Waals surface area (Å²) in [5.74, 6) is -1.05. The Morgan fingerprint density at radius 2 is 2.05 bits per heavy atom. The van der Waals surface area contributed by atoms with E-state index >= 15 is 0 Å². The Labute approximate surface area is 120 Å². The molecule has 0 bridgehead atoms. The van der Waals surface area contributed by atoms with Crippen molar-refractivity contribution in [2.45, 2.75) is 13.5 Å². The minimum atomic E-state index is -0.637. The molecule has 4 nitrogen and oxygen atoms in total. The third-order valence-electron chi connectivity index (χ3n) is 3.00. The first-order chi connectivity index (χ1) is 10.0. The van der Waals surface area contributed by atoms with Crippen LogP contribution in [0.2, 0.25) is 0 Å². The molecule has 0 atom stereocenters. The van der Waals surface area contributed by atoms with Gasteiger partial charge in [0.1, 0.15) is 24.0 Å². The van der Waals surface area contributed by atoms with Gasteiger partial charge in [0.25, 0.3) is 0 Å². The van der Waals surface area contributed by atoms with Crippen molar-refractivity contribution in [3.63, 3.8) is 0 Å². The van der Waals surface area contributed by atoms with Gasteiger partial charge in [-0.25, -0.2) is 8.78 Å². The molecule has 0 amide bonds. The SMILES string of the molecule is Cc1ccc(F)cc1OCc1cccc(/C(N)=N/O)c1F. The predicted octanol–water partition coefficient (Wildman–Crippen LogP) is 2.95. The normalized spacial score (nSPS) is 11.5. The van der Waals surface area contributed by atoms with Crippen LogP contribution in [0.4, 0.5) is 8.78 Å². The van der Waals surface area contributed by atoms with Crippen LogP contribution in [0, 0.1) is 18.6 Å². The molecule has 2 aromatic rings. The van der Waals surface area contributed by atoms with Crippen molar-refractivity contribution < 1.29 is 18.7 Å². The summed E-state index contributed by atoms with van der Waals surface area (Å²) in [6.45, 7) is 1.67.